The second kappa shape index (κ2) is 7.26. The molecule has 1 aliphatic rings. The van der Waals surface area contributed by atoms with Gasteiger partial charge in [0.2, 0.25) is 0 Å². The number of carbonyl (C=O) groups excluding carboxylic acids is 1. The lowest BCUT2D eigenvalue weighted by molar-refractivity contribution is -0.149. The minimum Gasteiger partial charge on any atom is -0.465 e. The molecule has 2 N–H and O–H groups in total. The minimum absolute atomic E-state index is 0.114. The van der Waals surface area contributed by atoms with Crippen LogP contribution in [0.3, 0.4) is 0 Å². The van der Waals surface area contributed by atoms with Crippen LogP contribution >= 0.6 is 0 Å². The summed E-state index contributed by atoms with van der Waals surface area (Å²) in [5.41, 5.74) is 7.69. The molecular weight excluding hydrogens is 268 g/mol. The van der Waals surface area contributed by atoms with Crippen LogP contribution in [0.15, 0.2) is 18.5 Å². The Hall–Kier alpha value is -1.82. The van der Waals surface area contributed by atoms with Crippen molar-refractivity contribution in [2.45, 2.75) is 26.3 Å². The third kappa shape index (κ3) is 3.64. The first-order valence-electron chi connectivity index (χ1n) is 7.52. The van der Waals surface area contributed by atoms with E-state index in [1.807, 2.05) is 19.9 Å². The zero-order chi connectivity index (χ0) is 15.2. The molecule has 0 saturated carbocycles. The zero-order valence-electron chi connectivity index (χ0n) is 12.8. The Morgan fingerprint density at radius 1 is 1.38 bits per heavy atom. The number of hydrogen-bond donors (Lipinski definition) is 1. The van der Waals surface area contributed by atoms with Crippen molar-refractivity contribution < 1.29 is 9.53 Å². The Morgan fingerprint density at radius 2 is 2.10 bits per heavy atom. The van der Waals surface area contributed by atoms with E-state index in [9.17, 15) is 4.79 Å². The van der Waals surface area contributed by atoms with Crippen LogP contribution in [0.4, 0.5) is 11.4 Å². The Bertz CT molecular complexity index is 472. The molecule has 0 amide bonds. The summed E-state index contributed by atoms with van der Waals surface area (Å²) in [4.78, 5) is 20.4. The smallest absolute Gasteiger partial charge is 0.323 e. The molecule has 116 valence electrons. The average molecular weight is 292 g/mol. The molecule has 0 spiro atoms. The topological polar surface area (TPSA) is 71.7 Å². The average Bonchev–Trinajstić information content (AvgIpc) is 2.50. The van der Waals surface area contributed by atoms with Gasteiger partial charge in [-0.05, 0) is 19.4 Å². The maximum absolute atomic E-state index is 12.0. The fraction of sp³-hybridized carbons (Fsp3) is 0.600. The summed E-state index contributed by atoms with van der Waals surface area (Å²) >= 11 is 0. The van der Waals surface area contributed by atoms with E-state index in [1.54, 1.807) is 12.4 Å². The lowest BCUT2D eigenvalue weighted by Gasteiger charge is -2.39. The molecule has 1 unspecified atom stereocenters. The molecule has 1 aromatic heterocycles. The van der Waals surface area contributed by atoms with E-state index in [-0.39, 0.29) is 12.0 Å². The maximum atomic E-state index is 12.0. The predicted molar refractivity (Wildman–Crippen MR) is 83.1 cm³/mol. The SMILES string of the molecule is CCOC(=O)C(CC)N1CCN(c2ccncc2N)CC1. The number of piperazine rings is 1. The number of nitrogens with two attached hydrogens (primary N) is 1. The first kappa shape index (κ1) is 15.6. The van der Waals surface area contributed by atoms with Crippen molar-refractivity contribution in [3.63, 3.8) is 0 Å². The van der Waals surface area contributed by atoms with Gasteiger partial charge in [0.25, 0.3) is 0 Å². The number of esters is 1. The van der Waals surface area contributed by atoms with Crippen molar-refractivity contribution in [3.8, 4) is 0 Å². The van der Waals surface area contributed by atoms with Crippen molar-refractivity contribution in [1.29, 1.82) is 0 Å². The zero-order valence-corrected chi connectivity index (χ0v) is 12.8. The van der Waals surface area contributed by atoms with Gasteiger partial charge in [-0.25, -0.2) is 0 Å². The molecule has 2 heterocycles. The monoisotopic (exact) mass is 292 g/mol. The van der Waals surface area contributed by atoms with E-state index in [4.69, 9.17) is 10.5 Å². The summed E-state index contributed by atoms with van der Waals surface area (Å²) in [6.45, 7) is 7.67. The van der Waals surface area contributed by atoms with Gasteiger partial charge in [0.05, 0.1) is 24.2 Å². The van der Waals surface area contributed by atoms with Gasteiger partial charge in [0.15, 0.2) is 0 Å². The molecule has 1 aliphatic heterocycles. The number of aromatic nitrogens is 1. The lowest BCUT2D eigenvalue weighted by Crippen LogP contribution is -2.53. The Kier molecular flexibility index (Phi) is 5.38. The molecule has 0 aliphatic carbocycles. The molecule has 0 bridgehead atoms. The van der Waals surface area contributed by atoms with Crippen molar-refractivity contribution in [2.24, 2.45) is 0 Å². The number of rotatable bonds is 5. The van der Waals surface area contributed by atoms with Gasteiger partial charge in [0, 0.05) is 32.4 Å². The first-order chi connectivity index (χ1) is 10.2. The molecule has 6 heteroatoms. The van der Waals surface area contributed by atoms with Crippen LogP contribution in [0.5, 0.6) is 0 Å². The predicted octanol–water partition coefficient (Wildman–Crippen LogP) is 1.13. The third-order valence-corrected chi connectivity index (χ3v) is 3.87. The van der Waals surface area contributed by atoms with E-state index in [1.165, 1.54) is 0 Å². The number of carbonyl (C=O) groups is 1. The summed E-state index contributed by atoms with van der Waals surface area (Å²) in [6, 6.07) is 1.80. The third-order valence-electron chi connectivity index (χ3n) is 3.87. The minimum atomic E-state index is -0.137. The molecule has 21 heavy (non-hydrogen) atoms. The summed E-state index contributed by atoms with van der Waals surface area (Å²) in [5, 5.41) is 0. The van der Waals surface area contributed by atoms with E-state index < -0.39 is 0 Å². The van der Waals surface area contributed by atoms with Crippen LogP contribution in [-0.4, -0.2) is 54.7 Å². The van der Waals surface area contributed by atoms with Gasteiger partial charge in [0.1, 0.15) is 6.04 Å². The van der Waals surface area contributed by atoms with Gasteiger partial charge < -0.3 is 15.4 Å². The van der Waals surface area contributed by atoms with Crippen LogP contribution in [-0.2, 0) is 9.53 Å². The van der Waals surface area contributed by atoms with Crippen molar-refractivity contribution in [2.75, 3.05) is 43.4 Å². The highest BCUT2D eigenvalue weighted by Gasteiger charge is 2.29. The molecule has 1 fully saturated rings. The van der Waals surface area contributed by atoms with E-state index in [0.717, 1.165) is 38.3 Å². The van der Waals surface area contributed by atoms with Crippen molar-refractivity contribution in [1.82, 2.24) is 9.88 Å². The summed E-state index contributed by atoms with van der Waals surface area (Å²) in [6.07, 6.45) is 4.21. The van der Waals surface area contributed by atoms with Crippen LogP contribution in [0.1, 0.15) is 20.3 Å². The molecule has 0 radical (unpaired) electrons. The molecular formula is C15H24N4O2. The number of nitrogen functional groups attached to an aromatic ring is 1. The van der Waals surface area contributed by atoms with Gasteiger partial charge in [-0.1, -0.05) is 6.92 Å². The van der Waals surface area contributed by atoms with Crippen LogP contribution < -0.4 is 10.6 Å². The van der Waals surface area contributed by atoms with E-state index in [0.29, 0.717) is 12.3 Å². The number of hydrogen-bond acceptors (Lipinski definition) is 6. The van der Waals surface area contributed by atoms with Crippen LogP contribution in [0.2, 0.25) is 0 Å². The Balaban J connectivity index is 1.96. The standard InChI is InChI=1S/C15H24N4O2/c1-3-13(15(20)21-4-2)18-7-9-19(10-8-18)14-5-6-17-11-12(14)16/h5-6,11,13H,3-4,7-10,16H2,1-2H3. The molecule has 1 aromatic rings. The highest BCUT2D eigenvalue weighted by molar-refractivity contribution is 5.75. The van der Waals surface area contributed by atoms with Crippen LogP contribution in [0, 0.1) is 0 Å². The van der Waals surface area contributed by atoms with Gasteiger partial charge >= 0.3 is 5.97 Å². The highest BCUT2D eigenvalue weighted by Crippen LogP contribution is 2.23. The molecule has 2 rings (SSSR count). The number of nitrogens with zero attached hydrogens (tertiary/aromatic N) is 3. The summed E-state index contributed by atoms with van der Waals surface area (Å²) in [7, 11) is 0. The molecule has 1 saturated heterocycles. The van der Waals surface area contributed by atoms with Gasteiger partial charge in [-0.15, -0.1) is 0 Å². The largest absolute Gasteiger partial charge is 0.465 e. The Labute approximate surface area is 125 Å². The Morgan fingerprint density at radius 3 is 2.67 bits per heavy atom. The van der Waals surface area contributed by atoms with Crippen LogP contribution in [0.25, 0.3) is 0 Å². The van der Waals surface area contributed by atoms with E-state index in [2.05, 4.69) is 14.8 Å². The summed E-state index contributed by atoms with van der Waals surface area (Å²) in [5.74, 6) is -0.114. The highest BCUT2D eigenvalue weighted by atomic mass is 16.5. The fourth-order valence-electron chi connectivity index (χ4n) is 2.77. The quantitative estimate of drug-likeness (QED) is 0.820. The second-order valence-electron chi connectivity index (χ2n) is 5.13. The van der Waals surface area contributed by atoms with Crippen molar-refractivity contribution >= 4 is 17.3 Å². The van der Waals surface area contributed by atoms with Crippen molar-refractivity contribution in [3.05, 3.63) is 18.5 Å². The first-order valence-corrected chi connectivity index (χ1v) is 7.52. The second-order valence-corrected chi connectivity index (χ2v) is 5.13. The normalized spacial score (nSPS) is 17.5. The number of anilines is 2. The van der Waals surface area contributed by atoms with E-state index >= 15 is 0 Å². The fourth-order valence-corrected chi connectivity index (χ4v) is 2.77. The number of pyridine rings is 1. The van der Waals surface area contributed by atoms with Gasteiger partial charge in [-0.2, -0.15) is 0 Å². The van der Waals surface area contributed by atoms with Gasteiger partial charge in [-0.3, -0.25) is 14.7 Å². The molecule has 6 nitrogen and oxygen atoms in total. The lowest BCUT2D eigenvalue weighted by atomic mass is 10.1. The maximum Gasteiger partial charge on any atom is 0.323 e. The number of ether oxygens (including phenoxy) is 1. The summed E-state index contributed by atoms with van der Waals surface area (Å²) < 4.78 is 5.16. The molecule has 0 aromatic carbocycles. The molecule has 1 atom stereocenters.